The van der Waals surface area contributed by atoms with Crippen molar-refractivity contribution in [1.82, 2.24) is 19.6 Å². The number of methoxy groups -OCH3 is 1. The van der Waals surface area contributed by atoms with E-state index in [-0.39, 0.29) is 0 Å². The molecule has 130 valence electrons. The molecule has 1 saturated heterocycles. The number of benzene rings is 1. The summed E-state index contributed by atoms with van der Waals surface area (Å²) in [6.45, 7) is 7.25. The minimum absolute atomic E-state index is 0.860. The molecule has 1 aliphatic heterocycles. The molecule has 0 spiro atoms. The van der Waals surface area contributed by atoms with Crippen LogP contribution in [0.4, 0.5) is 0 Å². The molecule has 1 aromatic carbocycles. The number of nitrogens with zero attached hydrogens (tertiary/aromatic N) is 3. The Bertz CT molecular complexity index is 881. The van der Waals surface area contributed by atoms with Gasteiger partial charge in [0.1, 0.15) is 11.4 Å². The first-order valence-electron chi connectivity index (χ1n) is 8.80. The molecule has 5 nitrogen and oxygen atoms in total. The smallest absolute Gasteiger partial charge is 0.137 e. The summed E-state index contributed by atoms with van der Waals surface area (Å²) in [6, 6.07) is 12.4. The monoisotopic (exact) mass is 336 g/mol. The van der Waals surface area contributed by atoms with Crippen molar-refractivity contribution in [3.8, 4) is 17.0 Å². The second-order valence-electron chi connectivity index (χ2n) is 6.60. The fraction of sp³-hybridized carbons (Fsp3) is 0.350. The maximum Gasteiger partial charge on any atom is 0.137 e. The highest BCUT2D eigenvalue weighted by molar-refractivity contribution is 5.68. The lowest BCUT2D eigenvalue weighted by Gasteiger charge is -2.27. The van der Waals surface area contributed by atoms with E-state index in [0.29, 0.717) is 0 Å². The van der Waals surface area contributed by atoms with Gasteiger partial charge < -0.3 is 14.5 Å². The van der Waals surface area contributed by atoms with Gasteiger partial charge in [-0.1, -0.05) is 18.2 Å². The Labute approximate surface area is 148 Å². The molecular formula is C20H24N4O. The van der Waals surface area contributed by atoms with Crippen molar-refractivity contribution in [2.45, 2.75) is 13.5 Å². The largest absolute Gasteiger partial charge is 0.497 e. The topological polar surface area (TPSA) is 41.8 Å². The lowest BCUT2D eigenvalue weighted by Crippen LogP contribution is -2.43. The molecule has 0 aliphatic carbocycles. The fourth-order valence-electron chi connectivity index (χ4n) is 3.43. The summed E-state index contributed by atoms with van der Waals surface area (Å²) in [6.07, 6.45) is 2.18. The predicted molar refractivity (Wildman–Crippen MR) is 100 cm³/mol. The van der Waals surface area contributed by atoms with Crippen LogP contribution in [0, 0.1) is 6.92 Å². The Balaban J connectivity index is 1.82. The average Bonchev–Trinajstić information content (AvgIpc) is 3.00. The van der Waals surface area contributed by atoms with E-state index in [2.05, 4.69) is 52.0 Å². The molecule has 2 aromatic heterocycles. The van der Waals surface area contributed by atoms with Crippen molar-refractivity contribution >= 4 is 5.65 Å². The van der Waals surface area contributed by atoms with Gasteiger partial charge in [0.25, 0.3) is 0 Å². The third-order valence-corrected chi connectivity index (χ3v) is 4.79. The van der Waals surface area contributed by atoms with E-state index in [9.17, 15) is 0 Å². The normalized spacial score (nSPS) is 15.6. The molecular weight excluding hydrogens is 312 g/mol. The molecule has 3 aromatic rings. The molecule has 4 rings (SSSR count). The van der Waals surface area contributed by atoms with Crippen LogP contribution >= 0.6 is 0 Å². The zero-order valence-electron chi connectivity index (χ0n) is 14.8. The van der Waals surface area contributed by atoms with E-state index in [1.807, 2.05) is 12.1 Å². The van der Waals surface area contributed by atoms with Crippen LogP contribution in [0.1, 0.15) is 11.3 Å². The molecule has 1 N–H and O–H groups in total. The maximum atomic E-state index is 5.41. The van der Waals surface area contributed by atoms with Gasteiger partial charge in [-0.3, -0.25) is 4.90 Å². The number of ether oxygens (including phenoxy) is 1. The minimum atomic E-state index is 0.860. The van der Waals surface area contributed by atoms with Crippen LogP contribution in [-0.4, -0.2) is 47.6 Å². The van der Waals surface area contributed by atoms with Crippen molar-refractivity contribution in [2.24, 2.45) is 0 Å². The van der Waals surface area contributed by atoms with Gasteiger partial charge in [-0.15, -0.1) is 0 Å². The van der Waals surface area contributed by atoms with Crippen LogP contribution in [-0.2, 0) is 6.54 Å². The highest BCUT2D eigenvalue weighted by atomic mass is 16.5. The van der Waals surface area contributed by atoms with E-state index in [0.717, 1.165) is 55.4 Å². The van der Waals surface area contributed by atoms with Gasteiger partial charge >= 0.3 is 0 Å². The van der Waals surface area contributed by atoms with Gasteiger partial charge in [0.15, 0.2) is 0 Å². The average molecular weight is 336 g/mol. The third-order valence-electron chi connectivity index (χ3n) is 4.79. The predicted octanol–water partition coefficient (Wildman–Crippen LogP) is 2.72. The van der Waals surface area contributed by atoms with Crippen molar-refractivity contribution in [2.75, 3.05) is 33.3 Å². The Morgan fingerprint density at radius 1 is 1.16 bits per heavy atom. The summed E-state index contributed by atoms with van der Waals surface area (Å²) in [7, 11) is 1.70. The number of nitrogens with one attached hydrogen (secondary N) is 1. The number of hydrogen-bond donors (Lipinski definition) is 1. The summed E-state index contributed by atoms with van der Waals surface area (Å²) in [5, 5.41) is 3.42. The molecule has 1 aliphatic rings. The molecule has 0 saturated carbocycles. The van der Waals surface area contributed by atoms with Crippen LogP contribution in [0.15, 0.2) is 42.6 Å². The third kappa shape index (κ3) is 3.25. The molecule has 0 atom stereocenters. The summed E-state index contributed by atoms with van der Waals surface area (Å²) in [4.78, 5) is 7.42. The Kier molecular flexibility index (Phi) is 4.42. The minimum Gasteiger partial charge on any atom is -0.497 e. The number of pyridine rings is 1. The van der Waals surface area contributed by atoms with E-state index >= 15 is 0 Å². The molecule has 1 fully saturated rings. The molecule has 5 heteroatoms. The Morgan fingerprint density at radius 2 is 2.00 bits per heavy atom. The van der Waals surface area contributed by atoms with Gasteiger partial charge in [-0.25, -0.2) is 4.98 Å². The number of piperazine rings is 1. The van der Waals surface area contributed by atoms with Gasteiger partial charge in [0.2, 0.25) is 0 Å². The SMILES string of the molecule is COc1cccc(-c2nc3ccc(C)cn3c2CN2CCNCC2)c1. The second-order valence-corrected chi connectivity index (χ2v) is 6.60. The number of aryl methyl sites for hydroxylation is 1. The van der Waals surface area contributed by atoms with Crippen LogP contribution in [0.2, 0.25) is 0 Å². The zero-order valence-corrected chi connectivity index (χ0v) is 14.8. The Morgan fingerprint density at radius 3 is 2.80 bits per heavy atom. The van der Waals surface area contributed by atoms with E-state index < -0.39 is 0 Å². The van der Waals surface area contributed by atoms with E-state index in [1.165, 1.54) is 11.3 Å². The van der Waals surface area contributed by atoms with Crippen LogP contribution in [0.3, 0.4) is 0 Å². The van der Waals surface area contributed by atoms with Gasteiger partial charge in [-0.05, 0) is 30.7 Å². The summed E-state index contributed by atoms with van der Waals surface area (Å²) < 4.78 is 7.65. The molecule has 0 radical (unpaired) electrons. The van der Waals surface area contributed by atoms with E-state index in [1.54, 1.807) is 7.11 Å². The summed E-state index contributed by atoms with van der Waals surface area (Å²) >= 11 is 0. The first-order valence-corrected chi connectivity index (χ1v) is 8.80. The first kappa shape index (κ1) is 16.1. The van der Waals surface area contributed by atoms with Crippen LogP contribution < -0.4 is 10.1 Å². The van der Waals surface area contributed by atoms with Gasteiger partial charge in [0, 0.05) is 44.5 Å². The molecule has 25 heavy (non-hydrogen) atoms. The number of hydrogen-bond acceptors (Lipinski definition) is 4. The first-order chi connectivity index (χ1) is 12.2. The van der Waals surface area contributed by atoms with E-state index in [4.69, 9.17) is 9.72 Å². The van der Waals surface area contributed by atoms with Gasteiger partial charge in [0.05, 0.1) is 18.5 Å². The van der Waals surface area contributed by atoms with Crippen LogP contribution in [0.25, 0.3) is 16.9 Å². The standard InChI is InChI=1S/C20H24N4O/c1-15-6-7-19-22-20(16-4-3-5-17(12-16)25-2)18(24(19)13-15)14-23-10-8-21-9-11-23/h3-7,12-13,21H,8-11,14H2,1-2H3. The zero-order chi connectivity index (χ0) is 17.2. The lowest BCUT2D eigenvalue weighted by atomic mass is 10.1. The second kappa shape index (κ2) is 6.86. The number of fused-ring (bicyclic) bond motifs is 1. The number of rotatable bonds is 4. The maximum absolute atomic E-state index is 5.41. The molecule has 0 amide bonds. The molecule has 0 bridgehead atoms. The summed E-state index contributed by atoms with van der Waals surface area (Å²) in [5.74, 6) is 0.860. The van der Waals surface area contributed by atoms with Crippen LogP contribution in [0.5, 0.6) is 5.75 Å². The Hall–Kier alpha value is -2.37. The van der Waals surface area contributed by atoms with Crippen molar-refractivity contribution in [3.05, 3.63) is 53.9 Å². The van der Waals surface area contributed by atoms with Crippen molar-refractivity contribution < 1.29 is 4.74 Å². The molecule has 0 unspecified atom stereocenters. The molecule has 3 heterocycles. The summed E-state index contributed by atoms with van der Waals surface area (Å²) in [5.41, 5.74) is 5.62. The fourth-order valence-corrected chi connectivity index (χ4v) is 3.43. The highest BCUT2D eigenvalue weighted by Gasteiger charge is 2.19. The highest BCUT2D eigenvalue weighted by Crippen LogP contribution is 2.28. The lowest BCUT2D eigenvalue weighted by molar-refractivity contribution is 0.230. The number of aromatic nitrogens is 2. The number of imidazole rings is 1. The quantitative estimate of drug-likeness (QED) is 0.795. The van der Waals surface area contributed by atoms with Crippen molar-refractivity contribution in [1.29, 1.82) is 0 Å². The van der Waals surface area contributed by atoms with Crippen molar-refractivity contribution in [3.63, 3.8) is 0 Å². The van der Waals surface area contributed by atoms with Gasteiger partial charge in [-0.2, -0.15) is 0 Å².